The van der Waals surface area contributed by atoms with Crippen molar-refractivity contribution < 1.29 is 0 Å². The maximum Gasteiger partial charge on any atom is 0.164 e. The van der Waals surface area contributed by atoms with Gasteiger partial charge in [-0.3, -0.25) is 0 Å². The molecule has 0 aliphatic heterocycles. The number of fused-ring (bicyclic) bond motifs is 2. The van der Waals surface area contributed by atoms with Crippen molar-refractivity contribution in [2.75, 3.05) is 0 Å². The van der Waals surface area contributed by atoms with Gasteiger partial charge in [0, 0.05) is 16.7 Å². The van der Waals surface area contributed by atoms with Crippen molar-refractivity contribution >= 4 is 21.5 Å². The molecule has 0 unspecified atom stereocenters. The summed E-state index contributed by atoms with van der Waals surface area (Å²) in [5.41, 5.74) is 5.21. The van der Waals surface area contributed by atoms with E-state index in [1.54, 1.807) is 0 Å². The molecule has 0 saturated heterocycles. The summed E-state index contributed by atoms with van der Waals surface area (Å²) in [4.78, 5) is 14.9. The highest BCUT2D eigenvalue weighted by molar-refractivity contribution is 5.99. The number of rotatable bonds is 4. The molecule has 178 valence electrons. The Morgan fingerprint density at radius 3 is 1.58 bits per heavy atom. The van der Waals surface area contributed by atoms with E-state index < -0.39 is 0 Å². The summed E-state index contributed by atoms with van der Waals surface area (Å²) in [5, 5.41) is 4.70. The molecular formula is C35H23N3. The first-order valence-corrected chi connectivity index (χ1v) is 12.7. The van der Waals surface area contributed by atoms with Crippen LogP contribution in [0.25, 0.3) is 66.8 Å². The lowest BCUT2D eigenvalue weighted by Gasteiger charge is -2.12. The zero-order valence-electron chi connectivity index (χ0n) is 20.6. The molecule has 0 bridgehead atoms. The molecule has 0 N–H and O–H groups in total. The lowest BCUT2D eigenvalue weighted by molar-refractivity contribution is 1.08. The zero-order valence-corrected chi connectivity index (χ0v) is 20.6. The minimum atomic E-state index is 0.657. The predicted molar refractivity (Wildman–Crippen MR) is 157 cm³/mol. The molecule has 0 atom stereocenters. The summed E-state index contributed by atoms with van der Waals surface area (Å²) >= 11 is 0. The standard InChI is InChI=1S/C35H23N3/c1-3-12-25(13-4-1)32-23-30(22-28-17-9-10-18-31(28)32)35-37-33(26-14-5-2-6-15-26)36-34(38-35)29-20-19-24-11-7-8-16-27(24)21-29/h1-23H. The van der Waals surface area contributed by atoms with Gasteiger partial charge in [0.1, 0.15) is 0 Å². The van der Waals surface area contributed by atoms with Crippen LogP contribution in [0.15, 0.2) is 140 Å². The summed E-state index contributed by atoms with van der Waals surface area (Å²) in [7, 11) is 0. The normalized spacial score (nSPS) is 11.2. The third-order valence-electron chi connectivity index (χ3n) is 6.88. The minimum absolute atomic E-state index is 0.657. The zero-order chi connectivity index (χ0) is 25.3. The van der Waals surface area contributed by atoms with Gasteiger partial charge in [0.05, 0.1) is 0 Å². The van der Waals surface area contributed by atoms with Crippen LogP contribution < -0.4 is 0 Å². The van der Waals surface area contributed by atoms with E-state index in [2.05, 4.69) is 103 Å². The van der Waals surface area contributed by atoms with Gasteiger partial charge in [-0.1, -0.05) is 121 Å². The Morgan fingerprint density at radius 1 is 0.316 bits per heavy atom. The second-order valence-electron chi connectivity index (χ2n) is 9.35. The van der Waals surface area contributed by atoms with E-state index in [4.69, 9.17) is 15.0 Å². The number of aromatic nitrogens is 3. The Labute approximate surface area is 221 Å². The molecule has 0 amide bonds. The smallest absolute Gasteiger partial charge is 0.164 e. The molecule has 0 saturated carbocycles. The number of hydrogen-bond acceptors (Lipinski definition) is 3. The summed E-state index contributed by atoms with van der Waals surface area (Å²) in [6, 6.07) is 48.2. The van der Waals surface area contributed by atoms with Crippen LogP contribution in [-0.2, 0) is 0 Å². The molecule has 0 aliphatic carbocycles. The van der Waals surface area contributed by atoms with Gasteiger partial charge in [-0.15, -0.1) is 0 Å². The Hall–Kier alpha value is -5.15. The van der Waals surface area contributed by atoms with Crippen LogP contribution in [0.2, 0.25) is 0 Å². The maximum absolute atomic E-state index is 5.03. The van der Waals surface area contributed by atoms with E-state index in [1.807, 2.05) is 36.4 Å². The van der Waals surface area contributed by atoms with Gasteiger partial charge in [0.15, 0.2) is 17.5 Å². The molecule has 0 radical (unpaired) electrons. The first-order valence-electron chi connectivity index (χ1n) is 12.7. The van der Waals surface area contributed by atoms with Gasteiger partial charge >= 0.3 is 0 Å². The molecule has 1 aromatic heterocycles. The number of nitrogens with zero attached hydrogens (tertiary/aromatic N) is 3. The second kappa shape index (κ2) is 9.38. The van der Waals surface area contributed by atoms with Crippen molar-refractivity contribution in [3.63, 3.8) is 0 Å². The molecule has 3 nitrogen and oxygen atoms in total. The molecule has 0 fully saturated rings. The summed E-state index contributed by atoms with van der Waals surface area (Å²) in [6.45, 7) is 0. The van der Waals surface area contributed by atoms with Gasteiger partial charge in [-0.2, -0.15) is 0 Å². The maximum atomic E-state index is 5.03. The highest BCUT2D eigenvalue weighted by atomic mass is 15.0. The topological polar surface area (TPSA) is 38.7 Å². The summed E-state index contributed by atoms with van der Waals surface area (Å²) in [5.74, 6) is 1.98. The summed E-state index contributed by atoms with van der Waals surface area (Å²) < 4.78 is 0. The molecule has 38 heavy (non-hydrogen) atoms. The van der Waals surface area contributed by atoms with Crippen molar-refractivity contribution in [1.82, 2.24) is 15.0 Å². The monoisotopic (exact) mass is 485 g/mol. The van der Waals surface area contributed by atoms with Crippen molar-refractivity contribution in [2.45, 2.75) is 0 Å². The van der Waals surface area contributed by atoms with E-state index in [0.29, 0.717) is 17.5 Å². The van der Waals surface area contributed by atoms with E-state index >= 15 is 0 Å². The van der Waals surface area contributed by atoms with Crippen molar-refractivity contribution in [2.24, 2.45) is 0 Å². The largest absolute Gasteiger partial charge is 0.208 e. The molecule has 1 heterocycles. The van der Waals surface area contributed by atoms with Gasteiger partial charge in [-0.25, -0.2) is 15.0 Å². The second-order valence-corrected chi connectivity index (χ2v) is 9.35. The third-order valence-corrected chi connectivity index (χ3v) is 6.88. The van der Waals surface area contributed by atoms with Gasteiger partial charge in [-0.05, 0) is 50.9 Å². The third kappa shape index (κ3) is 4.10. The van der Waals surface area contributed by atoms with Crippen LogP contribution in [0.3, 0.4) is 0 Å². The molecule has 0 spiro atoms. The molecule has 0 aliphatic rings. The van der Waals surface area contributed by atoms with E-state index in [1.165, 1.54) is 10.8 Å². The molecule has 3 heteroatoms. The first kappa shape index (κ1) is 22.1. The Balaban J connectivity index is 1.47. The predicted octanol–water partition coefficient (Wildman–Crippen LogP) is 8.85. The van der Waals surface area contributed by atoms with Crippen LogP contribution >= 0.6 is 0 Å². The Kier molecular flexibility index (Phi) is 5.45. The average molecular weight is 486 g/mol. The van der Waals surface area contributed by atoms with Crippen molar-refractivity contribution in [1.29, 1.82) is 0 Å². The molecule has 7 aromatic rings. The lowest BCUT2D eigenvalue weighted by Crippen LogP contribution is -2.00. The fraction of sp³-hybridized carbons (Fsp3) is 0. The van der Waals surface area contributed by atoms with Crippen LogP contribution in [0.4, 0.5) is 0 Å². The summed E-state index contributed by atoms with van der Waals surface area (Å²) in [6.07, 6.45) is 0. The lowest BCUT2D eigenvalue weighted by atomic mass is 9.95. The first-order chi connectivity index (χ1) is 18.8. The van der Waals surface area contributed by atoms with E-state index in [9.17, 15) is 0 Å². The quantitative estimate of drug-likeness (QED) is 0.250. The Bertz CT molecular complexity index is 1910. The fourth-order valence-electron chi connectivity index (χ4n) is 4.98. The minimum Gasteiger partial charge on any atom is -0.208 e. The van der Waals surface area contributed by atoms with Crippen LogP contribution in [0.1, 0.15) is 0 Å². The molecular weight excluding hydrogens is 462 g/mol. The fourth-order valence-corrected chi connectivity index (χ4v) is 4.98. The van der Waals surface area contributed by atoms with Gasteiger partial charge < -0.3 is 0 Å². The molecule has 6 aromatic carbocycles. The van der Waals surface area contributed by atoms with Crippen molar-refractivity contribution in [3.8, 4) is 45.3 Å². The molecule has 7 rings (SSSR count). The van der Waals surface area contributed by atoms with E-state index in [-0.39, 0.29) is 0 Å². The number of benzene rings is 6. The Morgan fingerprint density at radius 2 is 0.842 bits per heavy atom. The van der Waals surface area contributed by atoms with Crippen LogP contribution in [0.5, 0.6) is 0 Å². The number of hydrogen-bond donors (Lipinski definition) is 0. The SMILES string of the molecule is c1ccc(-c2nc(-c3ccc4ccccc4c3)nc(-c3cc(-c4ccccc4)c4ccccc4c3)n2)cc1. The highest BCUT2D eigenvalue weighted by Gasteiger charge is 2.15. The van der Waals surface area contributed by atoms with Crippen LogP contribution in [-0.4, -0.2) is 15.0 Å². The van der Waals surface area contributed by atoms with Gasteiger partial charge in [0.2, 0.25) is 0 Å². The average Bonchev–Trinajstić information content (AvgIpc) is 3.01. The van der Waals surface area contributed by atoms with Crippen molar-refractivity contribution in [3.05, 3.63) is 140 Å². The highest BCUT2D eigenvalue weighted by Crippen LogP contribution is 2.34. The van der Waals surface area contributed by atoms with Crippen LogP contribution in [0, 0.1) is 0 Å². The van der Waals surface area contributed by atoms with E-state index in [0.717, 1.165) is 38.6 Å². The van der Waals surface area contributed by atoms with Gasteiger partial charge in [0.25, 0.3) is 0 Å².